The van der Waals surface area contributed by atoms with Gasteiger partial charge in [0.2, 0.25) is 0 Å². The second-order valence-corrected chi connectivity index (χ2v) is 4.28. The Morgan fingerprint density at radius 2 is 2.11 bits per heavy atom. The number of likely N-dealkylation sites (N-methyl/N-ethyl adjacent to an activating group) is 1. The zero-order valence-electron chi connectivity index (χ0n) is 9.89. The van der Waals surface area contributed by atoms with Gasteiger partial charge in [0.05, 0.1) is 5.56 Å². The van der Waals surface area contributed by atoms with Gasteiger partial charge in [-0.2, -0.15) is 0 Å². The minimum absolute atomic E-state index is 0.106. The Hall–Kier alpha value is -2.11. The Bertz CT molecular complexity index is 504. The lowest BCUT2D eigenvalue weighted by Gasteiger charge is -2.16. The van der Waals surface area contributed by atoms with Gasteiger partial charge in [-0.3, -0.25) is 0 Å². The Morgan fingerprint density at radius 3 is 2.67 bits per heavy atom. The summed E-state index contributed by atoms with van der Waals surface area (Å²) in [5.74, 6) is -1.79. The first-order valence-electron chi connectivity index (χ1n) is 5.50. The third kappa shape index (κ3) is 2.42. The highest BCUT2D eigenvalue weighted by molar-refractivity contribution is 5.87. The average molecular weight is 252 g/mol. The van der Waals surface area contributed by atoms with E-state index < -0.39 is 11.8 Å². The summed E-state index contributed by atoms with van der Waals surface area (Å²) in [5, 5.41) is 8.83. The summed E-state index contributed by atoms with van der Waals surface area (Å²) in [4.78, 5) is 25.6. The van der Waals surface area contributed by atoms with Gasteiger partial charge in [0, 0.05) is 26.7 Å². The van der Waals surface area contributed by atoms with Gasteiger partial charge in [0.1, 0.15) is 5.82 Å². The molecule has 0 atom stereocenters. The maximum Gasteiger partial charge on any atom is 0.335 e. The van der Waals surface area contributed by atoms with Crippen molar-refractivity contribution in [1.29, 1.82) is 0 Å². The third-order valence-electron chi connectivity index (χ3n) is 2.88. The maximum atomic E-state index is 13.3. The van der Waals surface area contributed by atoms with Crippen molar-refractivity contribution < 1.29 is 19.1 Å². The van der Waals surface area contributed by atoms with E-state index in [1.54, 1.807) is 16.8 Å². The summed E-state index contributed by atoms with van der Waals surface area (Å²) in [5.41, 5.74) is 0.376. The zero-order valence-corrected chi connectivity index (χ0v) is 9.89. The smallest absolute Gasteiger partial charge is 0.335 e. The first kappa shape index (κ1) is 12.3. The van der Waals surface area contributed by atoms with Crippen molar-refractivity contribution in [3.63, 3.8) is 0 Å². The lowest BCUT2D eigenvalue weighted by molar-refractivity contribution is 0.0696. The first-order valence-corrected chi connectivity index (χ1v) is 5.50. The molecule has 0 aliphatic carbocycles. The van der Waals surface area contributed by atoms with Crippen LogP contribution in [0.1, 0.15) is 15.9 Å². The van der Waals surface area contributed by atoms with E-state index in [4.69, 9.17) is 5.11 Å². The van der Waals surface area contributed by atoms with Gasteiger partial charge in [-0.15, -0.1) is 0 Å². The lowest BCUT2D eigenvalue weighted by atomic mass is 10.1. The van der Waals surface area contributed by atoms with Crippen LogP contribution in [0.4, 0.5) is 9.18 Å². The molecular formula is C12H13FN2O3. The molecule has 1 aromatic rings. The first-order chi connectivity index (χ1) is 8.47. The van der Waals surface area contributed by atoms with Crippen LogP contribution in [0.15, 0.2) is 18.2 Å². The molecule has 1 aliphatic heterocycles. The van der Waals surface area contributed by atoms with Crippen LogP contribution in [-0.4, -0.2) is 47.0 Å². The molecule has 2 rings (SSSR count). The number of carbonyl (C=O) groups is 2. The number of carboxylic acids is 1. The summed E-state index contributed by atoms with van der Waals surface area (Å²) >= 11 is 0. The molecule has 0 radical (unpaired) electrons. The number of benzene rings is 1. The van der Waals surface area contributed by atoms with Crippen molar-refractivity contribution in [2.45, 2.75) is 6.54 Å². The number of nitrogens with zero attached hydrogens (tertiary/aromatic N) is 2. The highest BCUT2D eigenvalue weighted by Gasteiger charge is 2.25. The van der Waals surface area contributed by atoms with Crippen molar-refractivity contribution >= 4 is 12.0 Å². The molecule has 1 heterocycles. The monoisotopic (exact) mass is 252 g/mol. The Labute approximate surface area is 103 Å². The third-order valence-corrected chi connectivity index (χ3v) is 2.88. The minimum Gasteiger partial charge on any atom is -0.478 e. The number of halogens is 1. The van der Waals surface area contributed by atoms with Crippen LogP contribution in [-0.2, 0) is 6.54 Å². The number of rotatable bonds is 3. The van der Waals surface area contributed by atoms with Gasteiger partial charge < -0.3 is 14.9 Å². The van der Waals surface area contributed by atoms with Crippen molar-refractivity contribution in [1.82, 2.24) is 9.80 Å². The number of urea groups is 1. The second kappa shape index (κ2) is 4.64. The fraction of sp³-hybridized carbons (Fsp3) is 0.333. The Kier molecular flexibility index (Phi) is 3.18. The van der Waals surface area contributed by atoms with Crippen molar-refractivity contribution in [3.05, 3.63) is 35.1 Å². The van der Waals surface area contributed by atoms with E-state index >= 15 is 0 Å². The molecule has 1 fully saturated rings. The van der Waals surface area contributed by atoms with Gasteiger partial charge in [0.15, 0.2) is 0 Å². The number of amides is 2. The average Bonchev–Trinajstić information content (AvgIpc) is 2.60. The van der Waals surface area contributed by atoms with E-state index in [1.807, 2.05) is 0 Å². The summed E-state index contributed by atoms with van der Waals surface area (Å²) in [6.45, 7) is 1.41. The van der Waals surface area contributed by atoms with Crippen LogP contribution < -0.4 is 0 Å². The predicted octanol–water partition coefficient (Wildman–Crippen LogP) is 1.39. The normalized spacial score (nSPS) is 15.3. The summed E-state index contributed by atoms with van der Waals surface area (Å²) < 4.78 is 13.3. The highest BCUT2D eigenvalue weighted by atomic mass is 19.1. The van der Waals surface area contributed by atoms with Gasteiger partial charge in [-0.1, -0.05) is 0 Å². The molecule has 1 aliphatic rings. The lowest BCUT2D eigenvalue weighted by Crippen LogP contribution is -2.29. The number of aromatic carboxylic acids is 1. The zero-order chi connectivity index (χ0) is 13.3. The van der Waals surface area contributed by atoms with Crippen molar-refractivity contribution in [2.75, 3.05) is 20.1 Å². The Morgan fingerprint density at radius 1 is 1.39 bits per heavy atom. The molecule has 18 heavy (non-hydrogen) atoms. The molecule has 0 bridgehead atoms. The van der Waals surface area contributed by atoms with Crippen molar-refractivity contribution in [3.8, 4) is 0 Å². The summed E-state index contributed by atoms with van der Waals surface area (Å²) in [6.07, 6.45) is 0. The molecule has 6 heteroatoms. The molecule has 0 unspecified atom stereocenters. The van der Waals surface area contributed by atoms with E-state index in [0.717, 1.165) is 6.07 Å². The predicted molar refractivity (Wildman–Crippen MR) is 61.8 cm³/mol. The number of hydrogen-bond donors (Lipinski definition) is 1. The van der Waals surface area contributed by atoms with Crippen LogP contribution in [0.25, 0.3) is 0 Å². The molecule has 96 valence electrons. The molecule has 2 amide bonds. The molecule has 0 aromatic heterocycles. The van der Waals surface area contributed by atoms with Gasteiger partial charge in [0.25, 0.3) is 0 Å². The maximum absolute atomic E-state index is 13.3. The van der Waals surface area contributed by atoms with E-state index in [2.05, 4.69) is 0 Å². The van der Waals surface area contributed by atoms with Crippen LogP contribution in [0.5, 0.6) is 0 Å². The van der Waals surface area contributed by atoms with Gasteiger partial charge >= 0.3 is 12.0 Å². The highest BCUT2D eigenvalue weighted by Crippen LogP contribution is 2.15. The molecule has 1 saturated heterocycles. The van der Waals surface area contributed by atoms with E-state index in [0.29, 0.717) is 18.7 Å². The molecular weight excluding hydrogens is 239 g/mol. The van der Waals surface area contributed by atoms with Crippen LogP contribution in [0.2, 0.25) is 0 Å². The number of carboxylic acid groups (broad SMARTS) is 1. The number of hydrogen-bond acceptors (Lipinski definition) is 2. The molecule has 0 saturated carbocycles. The summed E-state index contributed by atoms with van der Waals surface area (Å²) in [7, 11) is 1.69. The fourth-order valence-corrected chi connectivity index (χ4v) is 1.94. The largest absolute Gasteiger partial charge is 0.478 e. The molecule has 1 aromatic carbocycles. The van der Waals surface area contributed by atoms with Crippen LogP contribution in [0.3, 0.4) is 0 Å². The Balaban J connectivity index is 2.19. The number of carbonyl (C=O) groups excluding carboxylic acids is 1. The van der Waals surface area contributed by atoms with Gasteiger partial charge in [-0.05, 0) is 23.8 Å². The van der Waals surface area contributed by atoms with Crippen LogP contribution in [0, 0.1) is 5.82 Å². The molecule has 0 spiro atoms. The SMILES string of the molecule is CN1CCN(Cc2cc(F)cc(C(=O)O)c2)C1=O. The molecule has 5 nitrogen and oxygen atoms in total. The van der Waals surface area contributed by atoms with Crippen LogP contribution >= 0.6 is 0 Å². The van der Waals surface area contributed by atoms with E-state index in [-0.39, 0.29) is 18.1 Å². The van der Waals surface area contributed by atoms with Crippen molar-refractivity contribution in [2.24, 2.45) is 0 Å². The van der Waals surface area contributed by atoms with Gasteiger partial charge in [-0.25, -0.2) is 14.0 Å². The fourth-order valence-electron chi connectivity index (χ4n) is 1.94. The van der Waals surface area contributed by atoms with E-state index in [1.165, 1.54) is 12.1 Å². The summed E-state index contributed by atoms with van der Waals surface area (Å²) in [6, 6.07) is 3.47. The standard InChI is InChI=1S/C12H13FN2O3/c1-14-2-3-15(12(14)18)7-8-4-9(11(16)17)6-10(13)5-8/h4-6H,2-3,7H2,1H3,(H,16,17). The second-order valence-electron chi connectivity index (χ2n) is 4.28. The topological polar surface area (TPSA) is 60.9 Å². The quantitative estimate of drug-likeness (QED) is 0.884. The molecule has 1 N–H and O–H groups in total. The van der Waals surface area contributed by atoms with E-state index in [9.17, 15) is 14.0 Å². The minimum atomic E-state index is -1.18.